The van der Waals surface area contributed by atoms with Crippen molar-refractivity contribution in [3.63, 3.8) is 0 Å². The van der Waals surface area contributed by atoms with Crippen LogP contribution in [-0.2, 0) is 11.2 Å². The minimum atomic E-state index is -0.406. The van der Waals surface area contributed by atoms with Crippen LogP contribution < -0.4 is 4.74 Å². The van der Waals surface area contributed by atoms with E-state index in [0.29, 0.717) is 17.4 Å². The number of hydrogen-bond donors (Lipinski definition) is 0. The van der Waals surface area contributed by atoms with E-state index in [9.17, 15) is 4.79 Å². The number of nitrogens with zero attached hydrogens (tertiary/aromatic N) is 1. The summed E-state index contributed by atoms with van der Waals surface area (Å²) in [5.41, 5.74) is 1.02. The van der Waals surface area contributed by atoms with Crippen LogP contribution in [0.2, 0.25) is 0 Å². The van der Waals surface area contributed by atoms with Crippen LogP contribution >= 0.6 is 0 Å². The Hall–Kier alpha value is -1.55. The minimum absolute atomic E-state index is 0.242. The van der Waals surface area contributed by atoms with E-state index in [1.165, 1.54) is 6.42 Å². The fourth-order valence-electron chi connectivity index (χ4n) is 4.53. The van der Waals surface area contributed by atoms with Crippen molar-refractivity contribution in [2.24, 2.45) is 0 Å². The predicted molar refractivity (Wildman–Crippen MR) is 87.6 cm³/mol. The third-order valence-electron chi connectivity index (χ3n) is 5.76. The Morgan fingerprint density at radius 3 is 2.96 bits per heavy atom. The first-order valence-electron chi connectivity index (χ1n) is 8.67. The van der Waals surface area contributed by atoms with Crippen molar-refractivity contribution in [1.29, 1.82) is 0 Å². The Morgan fingerprint density at radius 2 is 2.13 bits per heavy atom. The third-order valence-corrected chi connectivity index (χ3v) is 5.76. The number of hydrogen-bond acceptors (Lipinski definition) is 4. The third kappa shape index (κ3) is 2.35. The molecule has 0 amide bonds. The molecule has 4 nitrogen and oxygen atoms in total. The summed E-state index contributed by atoms with van der Waals surface area (Å²) < 4.78 is 12.1. The molecule has 0 aromatic heterocycles. The lowest BCUT2D eigenvalue weighted by molar-refractivity contribution is -0.116. The number of piperidine rings is 1. The Bertz CT molecular complexity index is 650. The second-order valence-corrected chi connectivity index (χ2v) is 7.86. The summed E-state index contributed by atoms with van der Waals surface area (Å²) >= 11 is 0. The number of rotatable bonds is 2. The molecule has 2 fully saturated rings. The van der Waals surface area contributed by atoms with Crippen LogP contribution in [0.5, 0.6) is 5.75 Å². The standard InChI is InChI=1S/C19H25NO3/c1-18(2)12-13-6-4-8-15(16(13)22-18)17(21)23-19-10-5-7-14(9-11-19)20(19)3/h4,6,8,14H,5,7,9-12H2,1-3H3. The highest BCUT2D eigenvalue weighted by molar-refractivity contribution is 5.93. The van der Waals surface area contributed by atoms with E-state index >= 15 is 0 Å². The second-order valence-electron chi connectivity index (χ2n) is 7.86. The zero-order valence-corrected chi connectivity index (χ0v) is 14.2. The summed E-state index contributed by atoms with van der Waals surface area (Å²) in [7, 11) is 2.10. The topological polar surface area (TPSA) is 38.8 Å². The number of benzene rings is 1. The van der Waals surface area contributed by atoms with E-state index in [1.54, 1.807) is 0 Å². The molecule has 2 saturated heterocycles. The van der Waals surface area contributed by atoms with Crippen LogP contribution in [0.1, 0.15) is 61.9 Å². The largest absolute Gasteiger partial charge is 0.486 e. The zero-order valence-electron chi connectivity index (χ0n) is 14.2. The highest BCUT2D eigenvalue weighted by Gasteiger charge is 2.50. The molecule has 0 saturated carbocycles. The highest BCUT2D eigenvalue weighted by atomic mass is 16.6. The van der Waals surface area contributed by atoms with Gasteiger partial charge in [0.05, 0.1) is 0 Å². The average molecular weight is 315 g/mol. The molecule has 0 spiro atoms. The second kappa shape index (κ2) is 4.97. The van der Waals surface area contributed by atoms with Gasteiger partial charge in [0.2, 0.25) is 0 Å². The molecule has 0 N–H and O–H groups in total. The van der Waals surface area contributed by atoms with Crippen molar-refractivity contribution < 1.29 is 14.3 Å². The fraction of sp³-hybridized carbons (Fsp3) is 0.632. The summed E-state index contributed by atoms with van der Waals surface area (Å²) in [5, 5.41) is 0. The molecule has 2 unspecified atom stereocenters. The van der Waals surface area contributed by atoms with E-state index in [2.05, 4.69) is 25.8 Å². The molecule has 0 radical (unpaired) electrons. The van der Waals surface area contributed by atoms with Crippen LogP contribution in [0.4, 0.5) is 0 Å². The first-order valence-corrected chi connectivity index (χ1v) is 8.67. The molecule has 1 aromatic rings. The molecular formula is C19H25NO3. The molecule has 124 valence electrons. The number of ether oxygens (including phenoxy) is 2. The van der Waals surface area contributed by atoms with Crippen molar-refractivity contribution >= 4 is 5.97 Å². The van der Waals surface area contributed by atoms with Crippen LogP contribution in [0.3, 0.4) is 0 Å². The van der Waals surface area contributed by atoms with Crippen LogP contribution in [0.25, 0.3) is 0 Å². The van der Waals surface area contributed by atoms with Gasteiger partial charge in [-0.3, -0.25) is 4.90 Å². The van der Waals surface area contributed by atoms with Gasteiger partial charge in [0, 0.05) is 25.3 Å². The molecule has 2 bridgehead atoms. The van der Waals surface area contributed by atoms with Crippen LogP contribution in [0, 0.1) is 0 Å². The van der Waals surface area contributed by atoms with E-state index in [0.717, 1.165) is 37.7 Å². The fourth-order valence-corrected chi connectivity index (χ4v) is 4.53. The smallest absolute Gasteiger partial charge is 0.343 e. The van der Waals surface area contributed by atoms with E-state index in [-0.39, 0.29) is 11.6 Å². The van der Waals surface area contributed by atoms with Gasteiger partial charge in [0.15, 0.2) is 5.72 Å². The van der Waals surface area contributed by atoms with Gasteiger partial charge < -0.3 is 9.47 Å². The Kier molecular flexibility index (Phi) is 3.24. The number of carbonyl (C=O) groups is 1. The van der Waals surface area contributed by atoms with Crippen molar-refractivity contribution in [1.82, 2.24) is 4.90 Å². The zero-order chi connectivity index (χ0) is 16.2. The number of fused-ring (bicyclic) bond motifs is 3. The number of esters is 1. The first-order chi connectivity index (χ1) is 10.9. The van der Waals surface area contributed by atoms with Crippen LogP contribution in [-0.4, -0.2) is 35.3 Å². The Balaban J connectivity index is 1.61. The van der Waals surface area contributed by atoms with Gasteiger partial charge in [-0.1, -0.05) is 12.1 Å². The van der Waals surface area contributed by atoms with E-state index < -0.39 is 5.72 Å². The number of para-hydroxylation sites is 1. The van der Waals surface area contributed by atoms with Crippen molar-refractivity contribution in [3.05, 3.63) is 29.3 Å². The van der Waals surface area contributed by atoms with Gasteiger partial charge in [-0.05, 0) is 51.8 Å². The summed E-state index contributed by atoms with van der Waals surface area (Å²) in [6.07, 6.45) is 6.19. The maximum atomic E-state index is 12.9. The maximum Gasteiger partial charge on any atom is 0.343 e. The van der Waals surface area contributed by atoms with E-state index in [1.807, 2.05) is 18.2 Å². The molecule has 23 heavy (non-hydrogen) atoms. The van der Waals surface area contributed by atoms with E-state index in [4.69, 9.17) is 9.47 Å². The molecule has 0 aliphatic carbocycles. The van der Waals surface area contributed by atoms with Gasteiger partial charge in [-0.2, -0.15) is 0 Å². The first kappa shape index (κ1) is 15.0. The lowest BCUT2D eigenvalue weighted by atomic mass is 9.99. The lowest BCUT2D eigenvalue weighted by Crippen LogP contribution is -2.50. The predicted octanol–water partition coefficient (Wildman–Crippen LogP) is 3.53. The monoisotopic (exact) mass is 315 g/mol. The summed E-state index contributed by atoms with van der Waals surface area (Å²) in [4.78, 5) is 15.2. The molecule has 3 aliphatic heterocycles. The van der Waals surface area contributed by atoms with Gasteiger partial charge in [0.1, 0.15) is 16.9 Å². The highest BCUT2D eigenvalue weighted by Crippen LogP contribution is 2.45. The molecular weight excluding hydrogens is 290 g/mol. The Labute approximate surface area is 137 Å². The quantitative estimate of drug-likeness (QED) is 0.783. The molecule has 1 aromatic carbocycles. The molecule has 4 rings (SSSR count). The van der Waals surface area contributed by atoms with Gasteiger partial charge in [-0.15, -0.1) is 0 Å². The molecule has 4 heteroatoms. The van der Waals surface area contributed by atoms with Gasteiger partial charge >= 0.3 is 5.97 Å². The van der Waals surface area contributed by atoms with Crippen molar-refractivity contribution in [3.8, 4) is 5.75 Å². The van der Waals surface area contributed by atoms with Gasteiger partial charge in [-0.25, -0.2) is 4.79 Å². The van der Waals surface area contributed by atoms with Gasteiger partial charge in [0.25, 0.3) is 0 Å². The normalized spacial score (nSPS) is 31.5. The Morgan fingerprint density at radius 1 is 1.30 bits per heavy atom. The summed E-state index contributed by atoms with van der Waals surface area (Å²) in [6, 6.07) is 6.36. The van der Waals surface area contributed by atoms with Crippen molar-refractivity contribution in [2.45, 2.75) is 69.7 Å². The molecule has 3 heterocycles. The minimum Gasteiger partial charge on any atom is -0.486 e. The molecule has 3 aliphatic rings. The maximum absolute atomic E-state index is 12.9. The molecule has 2 atom stereocenters. The average Bonchev–Trinajstić information content (AvgIpc) is 2.86. The summed E-state index contributed by atoms with van der Waals surface area (Å²) in [5.74, 6) is 0.473. The van der Waals surface area contributed by atoms with Crippen LogP contribution in [0.15, 0.2) is 18.2 Å². The SMILES string of the molecule is CN1C2CCCC1(OC(=O)c1cccc3c1OC(C)(C)C3)CC2. The number of carbonyl (C=O) groups excluding carboxylic acids is 1. The lowest BCUT2D eigenvalue weighted by Gasteiger charge is -2.41. The van der Waals surface area contributed by atoms with Crippen molar-refractivity contribution in [2.75, 3.05) is 7.05 Å². The summed E-state index contributed by atoms with van der Waals surface area (Å²) in [6.45, 7) is 4.11.